The van der Waals surface area contributed by atoms with Gasteiger partial charge in [0.2, 0.25) is 5.91 Å². The van der Waals surface area contributed by atoms with Gasteiger partial charge in [-0.2, -0.15) is 5.26 Å². The van der Waals surface area contributed by atoms with Crippen LogP contribution in [0.1, 0.15) is 48.2 Å². The maximum absolute atomic E-state index is 13.9. The number of thioether (sulfide) groups is 1. The van der Waals surface area contributed by atoms with E-state index < -0.39 is 17.7 Å². The summed E-state index contributed by atoms with van der Waals surface area (Å²) in [5.41, 5.74) is 1.64. The summed E-state index contributed by atoms with van der Waals surface area (Å²) in [4.78, 5) is 13.8. The molecular formula is C23H23F2N5O2S2. The summed E-state index contributed by atoms with van der Waals surface area (Å²) < 4.78 is 34.2. The van der Waals surface area contributed by atoms with E-state index in [1.165, 1.54) is 34.0 Å². The second kappa shape index (κ2) is 10.1. The Morgan fingerprint density at radius 1 is 1.44 bits per heavy atom. The van der Waals surface area contributed by atoms with Crippen LogP contribution in [-0.4, -0.2) is 26.4 Å². The summed E-state index contributed by atoms with van der Waals surface area (Å²) >= 11 is 2.68. The molecule has 4 rings (SSSR count). The molecule has 2 unspecified atom stereocenters. The molecule has 2 heterocycles. The molecule has 0 saturated carbocycles. The number of anilines is 1. The molecular weight excluding hydrogens is 480 g/mol. The molecule has 1 aliphatic carbocycles. The van der Waals surface area contributed by atoms with Crippen molar-refractivity contribution in [1.29, 1.82) is 5.26 Å². The number of halogens is 2. The molecule has 34 heavy (non-hydrogen) atoms. The van der Waals surface area contributed by atoms with Crippen molar-refractivity contribution >= 4 is 34.0 Å². The van der Waals surface area contributed by atoms with Gasteiger partial charge in [-0.1, -0.05) is 18.7 Å². The second-order valence-corrected chi connectivity index (χ2v) is 10.3. The predicted molar refractivity (Wildman–Crippen MR) is 126 cm³/mol. The first-order valence-electron chi connectivity index (χ1n) is 10.7. The van der Waals surface area contributed by atoms with Crippen molar-refractivity contribution in [3.8, 4) is 11.8 Å². The minimum atomic E-state index is -0.804. The van der Waals surface area contributed by atoms with Crippen molar-refractivity contribution < 1.29 is 18.3 Å². The monoisotopic (exact) mass is 503 g/mol. The van der Waals surface area contributed by atoms with Crippen LogP contribution in [0.4, 0.5) is 13.8 Å². The van der Waals surface area contributed by atoms with Gasteiger partial charge in [-0.3, -0.25) is 4.79 Å². The first-order valence-corrected chi connectivity index (χ1v) is 12.5. The lowest BCUT2D eigenvalue weighted by molar-refractivity contribution is -0.113. The van der Waals surface area contributed by atoms with Crippen LogP contribution in [0.3, 0.4) is 0 Å². The predicted octanol–water partition coefficient (Wildman–Crippen LogP) is 5.02. The van der Waals surface area contributed by atoms with E-state index in [1.807, 2.05) is 0 Å². The number of amides is 1. The fourth-order valence-electron chi connectivity index (χ4n) is 3.87. The number of fused-ring (bicyclic) bond motifs is 1. The van der Waals surface area contributed by atoms with E-state index in [1.54, 1.807) is 18.5 Å². The largest absolute Gasteiger partial charge is 0.480 e. The highest BCUT2D eigenvalue weighted by molar-refractivity contribution is 7.99. The van der Waals surface area contributed by atoms with Crippen molar-refractivity contribution in [2.45, 2.75) is 44.4 Å². The van der Waals surface area contributed by atoms with E-state index in [-0.39, 0.29) is 17.4 Å². The van der Waals surface area contributed by atoms with Gasteiger partial charge < -0.3 is 14.6 Å². The van der Waals surface area contributed by atoms with Crippen LogP contribution in [0.15, 0.2) is 23.4 Å². The molecule has 0 radical (unpaired) electrons. The van der Waals surface area contributed by atoms with Crippen LogP contribution in [0.5, 0.6) is 5.75 Å². The number of ether oxygens (including phenoxy) is 1. The number of carbonyl (C=O) groups is 1. The van der Waals surface area contributed by atoms with E-state index in [4.69, 9.17) is 4.74 Å². The highest BCUT2D eigenvalue weighted by atomic mass is 32.2. The quantitative estimate of drug-likeness (QED) is 0.455. The minimum absolute atomic E-state index is 0.0810. The molecule has 0 bridgehead atoms. The van der Waals surface area contributed by atoms with E-state index in [0.29, 0.717) is 27.5 Å². The normalized spacial score (nSPS) is 15.9. The van der Waals surface area contributed by atoms with Gasteiger partial charge in [0, 0.05) is 18.0 Å². The molecule has 1 N–H and O–H groups in total. The van der Waals surface area contributed by atoms with Crippen LogP contribution >= 0.6 is 23.1 Å². The van der Waals surface area contributed by atoms with Crippen LogP contribution < -0.4 is 10.1 Å². The third-order valence-electron chi connectivity index (χ3n) is 5.64. The number of nitrogens with zero attached hydrogens (tertiary/aromatic N) is 4. The van der Waals surface area contributed by atoms with Gasteiger partial charge in [0.1, 0.15) is 16.9 Å². The summed E-state index contributed by atoms with van der Waals surface area (Å²) in [6.45, 7) is 3.87. The Labute approximate surface area is 204 Å². The van der Waals surface area contributed by atoms with Crippen LogP contribution in [0.25, 0.3) is 0 Å². The molecule has 3 aromatic rings. The van der Waals surface area contributed by atoms with Gasteiger partial charge >= 0.3 is 0 Å². The van der Waals surface area contributed by atoms with Gasteiger partial charge in [-0.15, -0.1) is 21.5 Å². The van der Waals surface area contributed by atoms with Crippen LogP contribution in [0.2, 0.25) is 0 Å². The highest BCUT2D eigenvalue weighted by Crippen LogP contribution is 2.39. The molecule has 178 valence electrons. The molecule has 1 aromatic carbocycles. The second-order valence-electron chi connectivity index (χ2n) is 8.24. The lowest BCUT2D eigenvalue weighted by atomic mass is 9.89. The number of carbonyl (C=O) groups excluding carboxylic acids is 1. The number of nitrogens with one attached hydrogen (secondary N) is 1. The third-order valence-corrected chi connectivity index (χ3v) is 7.83. The molecule has 11 heteroatoms. The molecule has 0 aliphatic heterocycles. The average molecular weight is 504 g/mol. The molecule has 0 fully saturated rings. The standard InChI is InChI=1S/C23H23F2N5O2S2/c1-12-4-6-15-16(10-26)22(34-19(15)8-12)27-20(31)11-33-23-29-28-21(30(23)3)13(2)32-18-7-5-14(24)9-17(18)25/h5,7,9,12-13H,4,6,8,11H2,1-3H3,(H,27,31). The van der Waals surface area contributed by atoms with Gasteiger partial charge in [0.05, 0.1) is 11.3 Å². The van der Waals surface area contributed by atoms with Gasteiger partial charge in [-0.05, 0) is 49.8 Å². The van der Waals surface area contributed by atoms with Crippen molar-refractivity contribution in [3.63, 3.8) is 0 Å². The number of rotatable bonds is 7. The van der Waals surface area contributed by atoms with Crippen molar-refractivity contribution in [2.75, 3.05) is 11.1 Å². The number of thiophene rings is 1. The Morgan fingerprint density at radius 3 is 2.97 bits per heavy atom. The number of hydrogen-bond donors (Lipinski definition) is 1. The Balaban J connectivity index is 1.38. The zero-order valence-electron chi connectivity index (χ0n) is 18.9. The molecule has 2 atom stereocenters. The van der Waals surface area contributed by atoms with Crippen molar-refractivity contribution in [3.05, 3.63) is 51.7 Å². The molecule has 2 aromatic heterocycles. The first-order chi connectivity index (χ1) is 16.3. The SMILES string of the molecule is CC1CCc2c(sc(NC(=O)CSc3nnc(C(C)Oc4ccc(F)cc4F)n3C)c2C#N)C1. The molecule has 1 amide bonds. The van der Waals surface area contributed by atoms with Gasteiger partial charge in [0.15, 0.2) is 28.7 Å². The third kappa shape index (κ3) is 5.08. The molecule has 0 saturated heterocycles. The average Bonchev–Trinajstić information content (AvgIpc) is 3.32. The molecule has 0 spiro atoms. The van der Waals surface area contributed by atoms with Crippen LogP contribution in [0, 0.1) is 28.9 Å². The van der Waals surface area contributed by atoms with Crippen molar-refractivity contribution in [1.82, 2.24) is 14.8 Å². The maximum Gasteiger partial charge on any atom is 0.235 e. The Bertz CT molecular complexity index is 1270. The summed E-state index contributed by atoms with van der Waals surface area (Å²) in [6, 6.07) is 5.33. The first kappa shape index (κ1) is 24.2. The zero-order valence-corrected chi connectivity index (χ0v) is 20.5. The number of nitriles is 1. The van der Waals surface area contributed by atoms with E-state index in [0.717, 1.165) is 37.0 Å². The summed E-state index contributed by atoms with van der Waals surface area (Å²) in [5.74, 6) is -0.736. The molecule has 1 aliphatic rings. The van der Waals surface area contributed by atoms with Gasteiger partial charge in [-0.25, -0.2) is 8.78 Å². The summed E-state index contributed by atoms with van der Waals surface area (Å²) in [7, 11) is 1.72. The lowest BCUT2D eigenvalue weighted by Gasteiger charge is -2.17. The van der Waals surface area contributed by atoms with E-state index in [2.05, 4.69) is 28.5 Å². The summed E-state index contributed by atoms with van der Waals surface area (Å²) in [6.07, 6.45) is 2.19. The number of benzene rings is 1. The summed E-state index contributed by atoms with van der Waals surface area (Å²) in [5, 5.41) is 21.8. The fraction of sp³-hybridized carbons (Fsp3) is 0.391. The molecule has 7 nitrogen and oxygen atoms in total. The number of aromatic nitrogens is 3. The Hall–Kier alpha value is -2.97. The number of hydrogen-bond acceptors (Lipinski definition) is 7. The van der Waals surface area contributed by atoms with Crippen LogP contribution in [-0.2, 0) is 24.7 Å². The fourth-order valence-corrected chi connectivity index (χ4v) is 5.97. The smallest absolute Gasteiger partial charge is 0.235 e. The Morgan fingerprint density at radius 2 is 2.24 bits per heavy atom. The Kier molecular flexibility index (Phi) is 7.19. The highest BCUT2D eigenvalue weighted by Gasteiger charge is 2.25. The van der Waals surface area contributed by atoms with E-state index in [9.17, 15) is 18.8 Å². The lowest BCUT2D eigenvalue weighted by Crippen LogP contribution is -2.15. The van der Waals surface area contributed by atoms with E-state index >= 15 is 0 Å². The minimum Gasteiger partial charge on any atom is -0.480 e. The van der Waals surface area contributed by atoms with Gasteiger partial charge in [0.25, 0.3) is 0 Å². The maximum atomic E-state index is 13.9. The van der Waals surface area contributed by atoms with Crippen molar-refractivity contribution in [2.24, 2.45) is 13.0 Å². The topological polar surface area (TPSA) is 92.8 Å². The zero-order chi connectivity index (χ0) is 24.4.